The first-order valence-electron chi connectivity index (χ1n) is 8.36. The standard InChI is InChI=1S/C17H20ClN3O4S2/c1-12(20-27(23,24)15-6-3-11-26-15)17(22)19-14-5-2-4-13(18)16(14)21-7-9-25-10-8-21/h2-6,11-12,20H,7-10H2,1H3,(H,19,22). The van der Waals surface area contributed by atoms with Crippen molar-refractivity contribution < 1.29 is 17.9 Å². The molecule has 0 aliphatic carbocycles. The summed E-state index contributed by atoms with van der Waals surface area (Å²) in [6, 6.07) is 7.42. The average molecular weight is 430 g/mol. The lowest BCUT2D eigenvalue weighted by atomic mass is 10.2. The predicted octanol–water partition coefficient (Wildman–Crippen LogP) is 2.54. The second kappa shape index (κ2) is 8.57. The Kier molecular flexibility index (Phi) is 6.38. The minimum absolute atomic E-state index is 0.166. The van der Waals surface area contributed by atoms with E-state index in [4.69, 9.17) is 16.3 Å². The van der Waals surface area contributed by atoms with E-state index in [1.807, 2.05) is 4.90 Å². The lowest BCUT2D eigenvalue weighted by Gasteiger charge is -2.31. The minimum atomic E-state index is -3.74. The number of nitrogens with zero attached hydrogens (tertiary/aromatic N) is 1. The van der Waals surface area contributed by atoms with Crippen LogP contribution in [0.3, 0.4) is 0 Å². The van der Waals surface area contributed by atoms with Crippen LogP contribution in [0.4, 0.5) is 11.4 Å². The van der Waals surface area contributed by atoms with Crippen molar-refractivity contribution in [2.45, 2.75) is 17.2 Å². The van der Waals surface area contributed by atoms with Crippen molar-refractivity contribution in [2.75, 3.05) is 36.5 Å². The van der Waals surface area contributed by atoms with E-state index in [1.165, 1.54) is 13.0 Å². The molecule has 1 amide bonds. The second-order valence-electron chi connectivity index (χ2n) is 6.00. The van der Waals surface area contributed by atoms with Gasteiger partial charge in [0.25, 0.3) is 10.0 Å². The van der Waals surface area contributed by atoms with Crippen LogP contribution in [0.1, 0.15) is 6.92 Å². The van der Waals surface area contributed by atoms with Crippen molar-refractivity contribution in [1.29, 1.82) is 0 Å². The number of morpholine rings is 1. The van der Waals surface area contributed by atoms with Gasteiger partial charge < -0.3 is 15.0 Å². The van der Waals surface area contributed by atoms with Crippen LogP contribution < -0.4 is 14.9 Å². The summed E-state index contributed by atoms with van der Waals surface area (Å²) in [4.78, 5) is 14.6. The lowest BCUT2D eigenvalue weighted by Crippen LogP contribution is -2.42. The summed E-state index contributed by atoms with van der Waals surface area (Å²) >= 11 is 7.45. The topological polar surface area (TPSA) is 87.7 Å². The number of thiophene rings is 1. The van der Waals surface area contributed by atoms with Crippen LogP contribution in [0.2, 0.25) is 5.02 Å². The number of ether oxygens (including phenoxy) is 1. The molecule has 2 N–H and O–H groups in total. The second-order valence-corrected chi connectivity index (χ2v) is 9.30. The number of hydrogen-bond donors (Lipinski definition) is 2. The van der Waals surface area contributed by atoms with Crippen LogP contribution in [0.5, 0.6) is 0 Å². The fraction of sp³-hybridized carbons (Fsp3) is 0.353. The summed E-state index contributed by atoms with van der Waals surface area (Å²) in [5.41, 5.74) is 1.25. The van der Waals surface area contributed by atoms with Gasteiger partial charge in [0.05, 0.1) is 35.7 Å². The number of benzene rings is 1. The Morgan fingerprint density at radius 3 is 2.67 bits per heavy atom. The molecule has 2 heterocycles. The highest BCUT2D eigenvalue weighted by Crippen LogP contribution is 2.34. The Morgan fingerprint density at radius 1 is 1.26 bits per heavy atom. The van der Waals surface area contributed by atoms with Crippen molar-refractivity contribution >= 4 is 50.2 Å². The monoisotopic (exact) mass is 429 g/mol. The van der Waals surface area contributed by atoms with Gasteiger partial charge in [-0.1, -0.05) is 23.7 Å². The smallest absolute Gasteiger partial charge is 0.250 e. The summed E-state index contributed by atoms with van der Waals surface area (Å²) in [5.74, 6) is -0.466. The summed E-state index contributed by atoms with van der Waals surface area (Å²) in [7, 11) is -3.74. The van der Waals surface area contributed by atoms with Crippen molar-refractivity contribution in [3.05, 3.63) is 40.7 Å². The Morgan fingerprint density at radius 2 is 2.00 bits per heavy atom. The third-order valence-corrected chi connectivity index (χ3v) is 7.30. The van der Waals surface area contributed by atoms with Crippen molar-refractivity contribution in [3.63, 3.8) is 0 Å². The van der Waals surface area contributed by atoms with Crippen LogP contribution >= 0.6 is 22.9 Å². The van der Waals surface area contributed by atoms with Crippen LogP contribution in [0.15, 0.2) is 39.9 Å². The molecule has 0 saturated carbocycles. The molecule has 27 heavy (non-hydrogen) atoms. The van der Waals surface area contributed by atoms with Crippen LogP contribution in [-0.2, 0) is 19.6 Å². The van der Waals surface area contributed by atoms with E-state index in [9.17, 15) is 13.2 Å². The van der Waals surface area contributed by atoms with E-state index in [0.29, 0.717) is 42.7 Å². The first kappa shape index (κ1) is 20.1. The number of carbonyl (C=O) groups excluding carboxylic acids is 1. The highest BCUT2D eigenvalue weighted by atomic mass is 35.5. The number of sulfonamides is 1. The molecule has 1 aliphatic heterocycles. The van der Waals surface area contributed by atoms with Crippen molar-refractivity contribution in [1.82, 2.24) is 4.72 Å². The van der Waals surface area contributed by atoms with Crippen LogP contribution in [0.25, 0.3) is 0 Å². The van der Waals surface area contributed by atoms with Gasteiger partial charge in [0.15, 0.2) is 0 Å². The molecule has 1 unspecified atom stereocenters. The molecule has 1 aliphatic rings. The molecule has 7 nitrogen and oxygen atoms in total. The van der Waals surface area contributed by atoms with Gasteiger partial charge >= 0.3 is 0 Å². The predicted molar refractivity (Wildman–Crippen MR) is 107 cm³/mol. The van der Waals surface area contributed by atoms with Gasteiger partial charge in [0, 0.05) is 13.1 Å². The fourth-order valence-electron chi connectivity index (χ4n) is 2.73. The molecular formula is C17H20ClN3O4S2. The maximum absolute atomic E-state index is 12.6. The third-order valence-electron chi connectivity index (χ3n) is 4.06. The van der Waals surface area contributed by atoms with E-state index < -0.39 is 22.0 Å². The maximum atomic E-state index is 12.6. The molecule has 1 saturated heterocycles. The number of hydrogen-bond acceptors (Lipinski definition) is 6. The highest BCUT2D eigenvalue weighted by Gasteiger charge is 2.25. The Balaban J connectivity index is 1.75. The number of nitrogens with one attached hydrogen (secondary N) is 2. The maximum Gasteiger partial charge on any atom is 0.250 e. The molecule has 1 atom stereocenters. The van der Waals surface area contributed by atoms with E-state index >= 15 is 0 Å². The number of amides is 1. The van der Waals surface area contributed by atoms with Gasteiger partial charge in [0.1, 0.15) is 4.21 Å². The zero-order valence-corrected chi connectivity index (χ0v) is 17.0. The molecule has 1 aromatic heterocycles. The number of para-hydroxylation sites is 1. The third kappa shape index (κ3) is 4.80. The Labute approximate surface area is 167 Å². The number of anilines is 2. The molecule has 2 aromatic rings. The highest BCUT2D eigenvalue weighted by molar-refractivity contribution is 7.91. The zero-order valence-electron chi connectivity index (χ0n) is 14.6. The van der Waals surface area contributed by atoms with E-state index in [-0.39, 0.29) is 4.21 Å². The summed E-state index contributed by atoms with van der Waals surface area (Å²) in [6.07, 6.45) is 0. The molecule has 1 aromatic carbocycles. The molecule has 3 rings (SSSR count). The van der Waals surface area contributed by atoms with Crippen molar-refractivity contribution in [2.24, 2.45) is 0 Å². The number of carbonyl (C=O) groups is 1. The largest absolute Gasteiger partial charge is 0.378 e. The minimum Gasteiger partial charge on any atom is -0.378 e. The van der Waals surface area contributed by atoms with E-state index in [1.54, 1.807) is 29.6 Å². The molecule has 1 fully saturated rings. The molecule has 0 radical (unpaired) electrons. The molecule has 146 valence electrons. The SMILES string of the molecule is CC(NS(=O)(=O)c1cccs1)C(=O)Nc1cccc(Cl)c1N1CCOCC1. The quantitative estimate of drug-likeness (QED) is 0.736. The van der Waals surface area contributed by atoms with E-state index in [2.05, 4.69) is 10.0 Å². The van der Waals surface area contributed by atoms with Gasteiger partial charge in [-0.05, 0) is 30.5 Å². The molecule has 10 heteroatoms. The van der Waals surface area contributed by atoms with Gasteiger partial charge in [-0.25, -0.2) is 8.42 Å². The van der Waals surface area contributed by atoms with E-state index in [0.717, 1.165) is 11.3 Å². The molecule has 0 spiro atoms. The Hall–Kier alpha value is -1.65. The summed E-state index contributed by atoms with van der Waals surface area (Å²) < 4.78 is 32.5. The van der Waals surface area contributed by atoms with Crippen molar-refractivity contribution in [3.8, 4) is 0 Å². The first-order chi connectivity index (χ1) is 12.9. The first-order valence-corrected chi connectivity index (χ1v) is 11.1. The Bertz CT molecular complexity index is 897. The normalized spacial score (nSPS) is 16.1. The van der Waals surface area contributed by atoms with Crippen LogP contribution in [0, 0.1) is 0 Å². The zero-order chi connectivity index (χ0) is 19.4. The molecule has 0 bridgehead atoms. The van der Waals surface area contributed by atoms with Crippen LogP contribution in [-0.4, -0.2) is 46.7 Å². The number of rotatable bonds is 6. The fourth-order valence-corrected chi connectivity index (χ4v) is 5.23. The summed E-state index contributed by atoms with van der Waals surface area (Å²) in [6.45, 7) is 3.98. The van der Waals surface area contributed by atoms with Gasteiger partial charge in [-0.2, -0.15) is 4.72 Å². The van der Waals surface area contributed by atoms with Gasteiger partial charge in [-0.15, -0.1) is 11.3 Å². The summed E-state index contributed by atoms with van der Waals surface area (Å²) in [5, 5.41) is 4.97. The average Bonchev–Trinajstić information content (AvgIpc) is 3.18. The lowest BCUT2D eigenvalue weighted by molar-refractivity contribution is -0.117. The molecular weight excluding hydrogens is 410 g/mol. The van der Waals surface area contributed by atoms with Gasteiger partial charge in [-0.3, -0.25) is 4.79 Å². The number of halogens is 1. The van der Waals surface area contributed by atoms with Gasteiger partial charge in [0.2, 0.25) is 5.91 Å².